The van der Waals surface area contributed by atoms with Gasteiger partial charge < -0.3 is 15.8 Å². The molecule has 0 bridgehead atoms. The fraction of sp³-hybridized carbons (Fsp3) is 0.150. The molecular formula is C20H16F2N4O2. The van der Waals surface area contributed by atoms with E-state index in [1.54, 1.807) is 6.07 Å². The Balaban J connectivity index is 1.83. The zero-order valence-electron chi connectivity index (χ0n) is 14.9. The molecule has 0 fully saturated rings. The number of benzene rings is 2. The number of halogens is 2. The number of hydrogen-bond donors (Lipinski definition) is 2. The predicted octanol–water partition coefficient (Wildman–Crippen LogP) is 3.04. The molecule has 1 amide bonds. The van der Waals surface area contributed by atoms with Crippen LogP contribution in [0.2, 0.25) is 0 Å². The Morgan fingerprint density at radius 3 is 2.64 bits per heavy atom. The summed E-state index contributed by atoms with van der Waals surface area (Å²) in [5, 5.41) is 2.89. The van der Waals surface area contributed by atoms with Gasteiger partial charge in [-0.05, 0) is 35.4 Å². The number of aromatic nitrogens is 2. The highest BCUT2D eigenvalue weighted by molar-refractivity contribution is 5.96. The molecule has 2 aromatic carbocycles. The van der Waals surface area contributed by atoms with Crippen molar-refractivity contribution in [3.63, 3.8) is 0 Å². The third kappa shape index (κ3) is 3.13. The van der Waals surface area contributed by atoms with Crippen molar-refractivity contribution in [2.45, 2.75) is 12.5 Å². The van der Waals surface area contributed by atoms with Gasteiger partial charge in [0.2, 0.25) is 5.95 Å². The molecule has 0 aliphatic carbocycles. The van der Waals surface area contributed by atoms with Crippen LogP contribution in [0.3, 0.4) is 0 Å². The topological polar surface area (TPSA) is 90.1 Å². The highest BCUT2D eigenvalue weighted by atomic mass is 19.1. The van der Waals surface area contributed by atoms with Gasteiger partial charge in [0.25, 0.3) is 5.91 Å². The molecule has 0 radical (unpaired) electrons. The standard InChI is InChI=1S/C20H16F2N4O2/c1-28-18-7-11(22)3-5-13(18)14-6-10(21)2-4-12(14)16-8-17-15(19(27)25-16)9-24-20(23)26-17/h2-7,9,16H,8H2,1H3,(H,25,27)(H2,23,24,26)/t16-/m1/s1. The lowest BCUT2D eigenvalue weighted by Crippen LogP contribution is -2.36. The first-order valence-corrected chi connectivity index (χ1v) is 8.52. The fourth-order valence-corrected chi connectivity index (χ4v) is 3.40. The van der Waals surface area contributed by atoms with Gasteiger partial charge in [-0.2, -0.15) is 0 Å². The Bertz CT molecular complexity index is 1090. The Morgan fingerprint density at radius 2 is 1.86 bits per heavy atom. The number of ether oxygens (including phenoxy) is 1. The number of amides is 1. The minimum absolute atomic E-state index is 0.0757. The largest absolute Gasteiger partial charge is 0.496 e. The summed E-state index contributed by atoms with van der Waals surface area (Å²) in [5.41, 5.74) is 8.18. The van der Waals surface area contributed by atoms with Crippen molar-refractivity contribution in [1.29, 1.82) is 0 Å². The van der Waals surface area contributed by atoms with Crippen LogP contribution in [-0.4, -0.2) is 23.0 Å². The molecule has 0 saturated carbocycles. The van der Waals surface area contributed by atoms with Crippen LogP contribution in [0.15, 0.2) is 42.6 Å². The first kappa shape index (κ1) is 17.8. The van der Waals surface area contributed by atoms with Crippen LogP contribution < -0.4 is 15.8 Å². The summed E-state index contributed by atoms with van der Waals surface area (Å²) in [4.78, 5) is 20.5. The molecule has 28 heavy (non-hydrogen) atoms. The molecule has 6 nitrogen and oxygen atoms in total. The monoisotopic (exact) mass is 382 g/mol. The summed E-state index contributed by atoms with van der Waals surface area (Å²) >= 11 is 0. The lowest BCUT2D eigenvalue weighted by molar-refractivity contribution is 0.0923. The smallest absolute Gasteiger partial charge is 0.255 e. The quantitative estimate of drug-likeness (QED) is 0.727. The van der Waals surface area contributed by atoms with Gasteiger partial charge in [0.1, 0.15) is 17.4 Å². The van der Waals surface area contributed by atoms with Gasteiger partial charge >= 0.3 is 0 Å². The third-order valence-electron chi connectivity index (χ3n) is 4.68. The number of methoxy groups -OCH3 is 1. The Hall–Kier alpha value is -3.55. The SMILES string of the molecule is COc1cc(F)ccc1-c1cc(F)ccc1[C@H]1Cc2nc(N)ncc2C(=O)N1. The molecule has 4 rings (SSSR count). The van der Waals surface area contributed by atoms with Gasteiger partial charge in [0.05, 0.1) is 24.4 Å². The predicted molar refractivity (Wildman–Crippen MR) is 98.7 cm³/mol. The molecule has 2 heterocycles. The molecular weight excluding hydrogens is 366 g/mol. The van der Waals surface area contributed by atoms with Crippen LogP contribution in [0.1, 0.15) is 27.7 Å². The van der Waals surface area contributed by atoms with E-state index in [4.69, 9.17) is 10.5 Å². The van der Waals surface area contributed by atoms with Gasteiger partial charge in [-0.1, -0.05) is 6.07 Å². The summed E-state index contributed by atoms with van der Waals surface area (Å²) in [6.45, 7) is 0. The second-order valence-electron chi connectivity index (χ2n) is 6.39. The second-order valence-corrected chi connectivity index (χ2v) is 6.39. The zero-order chi connectivity index (χ0) is 19.8. The molecule has 0 unspecified atom stereocenters. The van der Waals surface area contributed by atoms with Crippen LogP contribution in [0.25, 0.3) is 11.1 Å². The van der Waals surface area contributed by atoms with E-state index in [0.717, 1.165) is 0 Å². The average molecular weight is 382 g/mol. The number of nitrogens with zero attached hydrogens (tertiary/aromatic N) is 2. The number of nitrogens with one attached hydrogen (secondary N) is 1. The number of carbonyl (C=O) groups excluding carboxylic acids is 1. The Morgan fingerprint density at radius 1 is 1.11 bits per heavy atom. The minimum Gasteiger partial charge on any atom is -0.496 e. The highest BCUT2D eigenvalue weighted by Gasteiger charge is 2.29. The first-order chi connectivity index (χ1) is 13.5. The fourth-order valence-electron chi connectivity index (χ4n) is 3.40. The van der Waals surface area contributed by atoms with Gasteiger partial charge in [0.15, 0.2) is 0 Å². The van der Waals surface area contributed by atoms with Crippen LogP contribution in [0.4, 0.5) is 14.7 Å². The molecule has 3 N–H and O–H groups in total. The minimum atomic E-state index is -0.473. The number of hydrogen-bond acceptors (Lipinski definition) is 5. The van der Waals surface area contributed by atoms with E-state index in [1.165, 1.54) is 43.6 Å². The number of rotatable bonds is 3. The van der Waals surface area contributed by atoms with E-state index >= 15 is 0 Å². The zero-order valence-corrected chi connectivity index (χ0v) is 14.9. The highest BCUT2D eigenvalue weighted by Crippen LogP contribution is 2.37. The lowest BCUT2D eigenvalue weighted by Gasteiger charge is -2.27. The molecule has 3 aromatic rings. The summed E-state index contributed by atoms with van der Waals surface area (Å²) in [6, 6.07) is 7.78. The molecule has 1 atom stereocenters. The number of anilines is 1. The number of fused-ring (bicyclic) bond motifs is 1. The first-order valence-electron chi connectivity index (χ1n) is 8.52. The van der Waals surface area contributed by atoms with E-state index in [0.29, 0.717) is 34.4 Å². The van der Waals surface area contributed by atoms with Crippen LogP contribution >= 0.6 is 0 Å². The molecule has 8 heteroatoms. The van der Waals surface area contributed by atoms with Crippen LogP contribution in [0, 0.1) is 11.6 Å². The number of nitrogen functional groups attached to an aromatic ring is 1. The molecule has 1 aliphatic heterocycles. The van der Waals surface area contributed by atoms with E-state index in [-0.39, 0.29) is 17.6 Å². The van der Waals surface area contributed by atoms with Crippen molar-refractivity contribution in [2.75, 3.05) is 12.8 Å². The van der Waals surface area contributed by atoms with Crippen molar-refractivity contribution < 1.29 is 18.3 Å². The number of nitrogens with two attached hydrogens (primary N) is 1. The summed E-state index contributed by atoms with van der Waals surface area (Å²) in [7, 11) is 1.41. The maximum atomic E-state index is 14.0. The van der Waals surface area contributed by atoms with Gasteiger partial charge in [-0.15, -0.1) is 0 Å². The van der Waals surface area contributed by atoms with Crippen molar-refractivity contribution in [3.8, 4) is 16.9 Å². The lowest BCUT2D eigenvalue weighted by atomic mass is 9.89. The van der Waals surface area contributed by atoms with E-state index in [9.17, 15) is 13.6 Å². The normalized spacial score (nSPS) is 15.7. The van der Waals surface area contributed by atoms with Gasteiger partial charge in [0, 0.05) is 24.2 Å². The van der Waals surface area contributed by atoms with Crippen molar-refractivity contribution in [3.05, 3.63) is 71.1 Å². The molecule has 1 aliphatic rings. The third-order valence-corrected chi connectivity index (χ3v) is 4.68. The molecule has 0 spiro atoms. The van der Waals surface area contributed by atoms with E-state index in [1.807, 2.05) is 0 Å². The summed E-state index contributed by atoms with van der Waals surface area (Å²) < 4.78 is 32.9. The van der Waals surface area contributed by atoms with Crippen LogP contribution in [0.5, 0.6) is 5.75 Å². The molecule has 142 valence electrons. The van der Waals surface area contributed by atoms with Gasteiger partial charge in [-0.3, -0.25) is 4.79 Å². The second kappa shape index (κ2) is 6.88. The number of carbonyl (C=O) groups is 1. The maximum Gasteiger partial charge on any atom is 0.255 e. The van der Waals surface area contributed by atoms with E-state index in [2.05, 4.69) is 15.3 Å². The summed E-state index contributed by atoms with van der Waals surface area (Å²) in [6.07, 6.45) is 1.74. The van der Waals surface area contributed by atoms with Crippen molar-refractivity contribution in [2.24, 2.45) is 0 Å². The maximum absolute atomic E-state index is 14.0. The average Bonchev–Trinajstić information content (AvgIpc) is 2.67. The van der Waals surface area contributed by atoms with E-state index < -0.39 is 17.7 Å². The molecule has 1 aromatic heterocycles. The van der Waals surface area contributed by atoms with Crippen molar-refractivity contribution in [1.82, 2.24) is 15.3 Å². The van der Waals surface area contributed by atoms with Gasteiger partial charge in [-0.25, -0.2) is 18.7 Å². The Labute approximate surface area is 159 Å². The molecule has 0 saturated heterocycles. The van der Waals surface area contributed by atoms with Crippen molar-refractivity contribution >= 4 is 11.9 Å². The van der Waals surface area contributed by atoms with Crippen LogP contribution in [-0.2, 0) is 6.42 Å². The summed E-state index contributed by atoms with van der Waals surface area (Å²) in [5.74, 6) is -0.926. The Kier molecular flexibility index (Phi) is 4.38.